The van der Waals surface area contributed by atoms with Crippen LogP contribution in [-0.4, -0.2) is 37.7 Å². The van der Waals surface area contributed by atoms with Gasteiger partial charge in [-0.2, -0.15) is 4.52 Å². The van der Waals surface area contributed by atoms with Crippen LogP contribution in [0.25, 0.3) is 4.96 Å². The first-order valence-corrected chi connectivity index (χ1v) is 9.78. The van der Waals surface area contributed by atoms with Gasteiger partial charge in [0.15, 0.2) is 0 Å². The molecule has 1 saturated heterocycles. The molecule has 1 fully saturated rings. The van der Waals surface area contributed by atoms with Crippen LogP contribution < -0.4 is 0 Å². The fourth-order valence-corrected chi connectivity index (χ4v) is 5.28. The van der Waals surface area contributed by atoms with E-state index in [1.807, 2.05) is 19.1 Å². The van der Waals surface area contributed by atoms with Gasteiger partial charge in [0.1, 0.15) is 11.6 Å². The van der Waals surface area contributed by atoms with Crippen molar-refractivity contribution in [3.8, 4) is 5.88 Å². The zero-order chi connectivity index (χ0) is 18.4. The normalized spacial score (nSPS) is 22.8. The first-order chi connectivity index (χ1) is 12.4. The predicted octanol–water partition coefficient (Wildman–Crippen LogP) is 4.01. The summed E-state index contributed by atoms with van der Waals surface area (Å²) in [5.74, 6) is 1.67. The van der Waals surface area contributed by atoms with Gasteiger partial charge in [-0.15, -0.1) is 5.10 Å². The molecule has 0 spiro atoms. The lowest BCUT2D eigenvalue weighted by molar-refractivity contribution is 0.112. The van der Waals surface area contributed by atoms with E-state index in [0.29, 0.717) is 22.6 Å². The van der Waals surface area contributed by atoms with Crippen LogP contribution >= 0.6 is 11.3 Å². The third kappa shape index (κ3) is 3.10. The molecule has 4 rings (SSSR count). The van der Waals surface area contributed by atoms with Gasteiger partial charge >= 0.3 is 0 Å². The van der Waals surface area contributed by atoms with Crippen LogP contribution in [-0.2, 0) is 0 Å². The van der Waals surface area contributed by atoms with Crippen LogP contribution in [0.15, 0.2) is 24.3 Å². The first kappa shape index (κ1) is 17.4. The quantitative estimate of drug-likeness (QED) is 0.753. The molecule has 0 amide bonds. The number of benzene rings is 1. The number of hydrogen-bond donors (Lipinski definition) is 1. The number of piperidine rings is 1. The molecule has 138 valence electrons. The summed E-state index contributed by atoms with van der Waals surface area (Å²) in [6.07, 6.45) is 1.20. The Bertz CT molecular complexity index is 910. The van der Waals surface area contributed by atoms with Crippen molar-refractivity contribution in [3.63, 3.8) is 0 Å². The second-order valence-corrected chi connectivity index (χ2v) is 8.51. The van der Waals surface area contributed by atoms with Crippen molar-refractivity contribution < 1.29 is 9.50 Å². The van der Waals surface area contributed by atoms with Gasteiger partial charge < -0.3 is 5.11 Å². The Morgan fingerprint density at radius 3 is 2.46 bits per heavy atom. The molecule has 1 aromatic carbocycles. The molecular weight excluding hydrogens is 351 g/mol. The Morgan fingerprint density at radius 1 is 1.19 bits per heavy atom. The number of thiazole rings is 1. The zero-order valence-corrected chi connectivity index (χ0v) is 16.0. The second kappa shape index (κ2) is 6.63. The van der Waals surface area contributed by atoms with Crippen LogP contribution in [0.2, 0.25) is 0 Å². The SMILES string of the molecule is Cc1nc2sc([C@@H](c3ccc(F)cc3)N3C[C@H](C)C[C@H](C)C3)c(O)n2n1. The highest BCUT2D eigenvalue weighted by atomic mass is 32.1. The Balaban J connectivity index is 1.82. The van der Waals surface area contributed by atoms with E-state index >= 15 is 0 Å². The molecule has 5 nitrogen and oxygen atoms in total. The lowest BCUT2D eigenvalue weighted by Gasteiger charge is -2.40. The summed E-state index contributed by atoms with van der Waals surface area (Å²) >= 11 is 1.45. The number of nitrogens with zero attached hydrogens (tertiary/aromatic N) is 4. The molecule has 3 heterocycles. The largest absolute Gasteiger partial charge is 0.492 e. The van der Waals surface area contributed by atoms with Gasteiger partial charge in [0, 0.05) is 13.1 Å². The highest BCUT2D eigenvalue weighted by Crippen LogP contribution is 2.41. The van der Waals surface area contributed by atoms with E-state index in [0.717, 1.165) is 23.5 Å². The number of likely N-dealkylation sites (tertiary alicyclic amines) is 1. The minimum Gasteiger partial charge on any atom is -0.492 e. The first-order valence-electron chi connectivity index (χ1n) is 8.97. The summed E-state index contributed by atoms with van der Waals surface area (Å²) in [4.78, 5) is 8.28. The van der Waals surface area contributed by atoms with E-state index in [2.05, 4.69) is 28.8 Å². The van der Waals surface area contributed by atoms with Crippen molar-refractivity contribution >= 4 is 16.3 Å². The van der Waals surface area contributed by atoms with Gasteiger partial charge in [-0.1, -0.05) is 37.3 Å². The third-order valence-electron chi connectivity index (χ3n) is 5.00. The van der Waals surface area contributed by atoms with Gasteiger partial charge in [-0.05, 0) is 42.9 Å². The van der Waals surface area contributed by atoms with Gasteiger partial charge in [0.2, 0.25) is 10.8 Å². The molecule has 0 saturated carbocycles. The van der Waals surface area contributed by atoms with Crippen LogP contribution in [0.5, 0.6) is 5.88 Å². The molecule has 1 N–H and O–H groups in total. The maximum Gasteiger partial charge on any atom is 0.230 e. The molecular formula is C19H23FN4OS. The molecule has 0 unspecified atom stereocenters. The minimum atomic E-state index is -0.254. The summed E-state index contributed by atoms with van der Waals surface area (Å²) in [5, 5.41) is 15.1. The summed E-state index contributed by atoms with van der Waals surface area (Å²) < 4.78 is 15.0. The Hall–Kier alpha value is -1.99. The van der Waals surface area contributed by atoms with Crippen LogP contribution in [0.3, 0.4) is 0 Å². The Morgan fingerprint density at radius 2 is 1.85 bits per heavy atom. The molecule has 3 aromatic rings. The van der Waals surface area contributed by atoms with E-state index < -0.39 is 0 Å². The van der Waals surface area contributed by atoms with E-state index in [1.54, 1.807) is 0 Å². The standard InChI is InChI=1S/C19H23FN4OS/c1-11-8-12(2)10-23(9-11)16(14-4-6-15(20)7-5-14)17-18(25)24-19(26-17)21-13(3)22-24/h4-7,11-12,16,25H,8-10H2,1-3H3/t11-,12+,16-/m1/s1. The smallest absolute Gasteiger partial charge is 0.230 e. The molecule has 26 heavy (non-hydrogen) atoms. The number of rotatable bonds is 3. The molecule has 3 atom stereocenters. The topological polar surface area (TPSA) is 53.7 Å². The van der Waals surface area contributed by atoms with Gasteiger partial charge in [0.25, 0.3) is 0 Å². The van der Waals surface area contributed by atoms with Crippen LogP contribution in [0.1, 0.15) is 42.6 Å². The number of hydrogen-bond acceptors (Lipinski definition) is 5. The molecule has 1 aliphatic heterocycles. The lowest BCUT2D eigenvalue weighted by atomic mass is 9.89. The highest BCUT2D eigenvalue weighted by Gasteiger charge is 2.33. The van der Waals surface area contributed by atoms with Gasteiger partial charge in [-0.3, -0.25) is 4.90 Å². The van der Waals surface area contributed by atoms with Crippen molar-refractivity contribution in [3.05, 3.63) is 46.3 Å². The Kier molecular flexibility index (Phi) is 4.44. The molecule has 0 bridgehead atoms. The van der Waals surface area contributed by atoms with Crippen molar-refractivity contribution in [1.82, 2.24) is 19.5 Å². The molecule has 0 radical (unpaired) electrons. The van der Waals surface area contributed by atoms with Gasteiger partial charge in [-0.25, -0.2) is 9.37 Å². The average Bonchev–Trinajstić information content (AvgIpc) is 3.07. The molecule has 2 aromatic heterocycles. The van der Waals surface area contributed by atoms with Crippen molar-refractivity contribution in [2.24, 2.45) is 11.8 Å². The van der Waals surface area contributed by atoms with Crippen LogP contribution in [0.4, 0.5) is 4.39 Å². The van der Waals surface area contributed by atoms with Crippen LogP contribution in [0, 0.1) is 24.6 Å². The summed E-state index contributed by atoms with van der Waals surface area (Å²) in [7, 11) is 0. The number of fused-ring (bicyclic) bond motifs is 1. The Labute approximate surface area is 156 Å². The van der Waals surface area contributed by atoms with Crippen molar-refractivity contribution in [2.45, 2.75) is 33.2 Å². The van der Waals surface area contributed by atoms with Crippen molar-refractivity contribution in [1.29, 1.82) is 0 Å². The van der Waals surface area contributed by atoms with E-state index in [-0.39, 0.29) is 17.7 Å². The maximum atomic E-state index is 13.5. The average molecular weight is 374 g/mol. The highest BCUT2D eigenvalue weighted by molar-refractivity contribution is 7.17. The molecule has 0 aliphatic carbocycles. The summed E-state index contributed by atoms with van der Waals surface area (Å²) in [5.41, 5.74) is 0.976. The lowest BCUT2D eigenvalue weighted by Crippen LogP contribution is -2.41. The fourth-order valence-electron chi connectivity index (χ4n) is 4.12. The second-order valence-electron chi connectivity index (χ2n) is 7.50. The number of aromatic hydroxyl groups is 1. The van der Waals surface area contributed by atoms with E-state index in [9.17, 15) is 9.50 Å². The number of aryl methyl sites for hydroxylation is 1. The van der Waals surface area contributed by atoms with Gasteiger partial charge in [0.05, 0.1) is 10.9 Å². The maximum absolute atomic E-state index is 13.5. The monoisotopic (exact) mass is 374 g/mol. The fraction of sp³-hybridized carbons (Fsp3) is 0.474. The summed E-state index contributed by atoms with van der Waals surface area (Å²) in [6, 6.07) is 6.46. The zero-order valence-electron chi connectivity index (χ0n) is 15.2. The predicted molar refractivity (Wildman–Crippen MR) is 100 cm³/mol. The summed E-state index contributed by atoms with van der Waals surface area (Å²) in [6.45, 7) is 8.22. The molecule has 7 heteroatoms. The van der Waals surface area contributed by atoms with Crippen molar-refractivity contribution in [2.75, 3.05) is 13.1 Å². The van der Waals surface area contributed by atoms with E-state index in [1.165, 1.54) is 34.4 Å². The molecule has 1 aliphatic rings. The number of halogens is 1. The number of aromatic nitrogens is 3. The van der Waals surface area contributed by atoms with E-state index in [4.69, 9.17) is 0 Å². The third-order valence-corrected chi connectivity index (χ3v) is 6.07. The minimum absolute atomic E-state index is 0.130.